The number of hydrogen-bond acceptors (Lipinski definition) is 6. The van der Waals surface area contributed by atoms with E-state index >= 15 is 0 Å². The molecule has 2 aromatic heterocycles. The summed E-state index contributed by atoms with van der Waals surface area (Å²) in [4.78, 5) is 4.80. The van der Waals surface area contributed by atoms with Crippen molar-refractivity contribution in [1.29, 1.82) is 21.0 Å². The highest BCUT2D eigenvalue weighted by molar-refractivity contribution is 6.15. The van der Waals surface area contributed by atoms with Crippen LogP contribution in [-0.4, -0.2) is 9.55 Å². The van der Waals surface area contributed by atoms with Crippen LogP contribution in [-0.2, 0) is 0 Å². The van der Waals surface area contributed by atoms with Crippen LogP contribution >= 0.6 is 0 Å². The molecule has 2 heterocycles. The average molecular weight is 513 g/mol. The number of nitriles is 4. The quantitative estimate of drug-likeness (QED) is 0.240. The van der Waals surface area contributed by atoms with Crippen LogP contribution in [0.3, 0.4) is 0 Å². The molecule has 0 amide bonds. The first-order valence-corrected chi connectivity index (χ1v) is 12.2. The van der Waals surface area contributed by atoms with Crippen LogP contribution < -0.4 is 0 Å². The summed E-state index contributed by atoms with van der Waals surface area (Å²) >= 11 is 0. The molecule has 0 spiro atoms. The lowest BCUT2D eigenvalue weighted by Gasteiger charge is -2.09. The van der Waals surface area contributed by atoms with E-state index in [9.17, 15) is 21.0 Å². The number of nitrogens with zero attached hydrogens (tertiary/aromatic N) is 6. The molecule has 0 saturated carbocycles. The van der Waals surface area contributed by atoms with E-state index in [4.69, 9.17) is 9.40 Å². The number of hydrogen-bond donors (Lipinski definition) is 0. The van der Waals surface area contributed by atoms with Gasteiger partial charge in [0.2, 0.25) is 5.71 Å². The molecule has 0 fully saturated rings. The monoisotopic (exact) mass is 512 g/mol. The van der Waals surface area contributed by atoms with E-state index in [1.807, 2.05) is 95.6 Å². The molecule has 3 aromatic carbocycles. The Balaban J connectivity index is 1.69. The summed E-state index contributed by atoms with van der Waals surface area (Å²) in [6.45, 7) is 0. The van der Waals surface area contributed by atoms with E-state index in [1.54, 1.807) is 30.3 Å². The Labute approximate surface area is 229 Å². The van der Waals surface area contributed by atoms with Crippen molar-refractivity contribution in [2.45, 2.75) is 0 Å². The fourth-order valence-electron chi connectivity index (χ4n) is 5.00. The van der Waals surface area contributed by atoms with Crippen molar-refractivity contribution in [3.05, 3.63) is 125 Å². The van der Waals surface area contributed by atoms with Crippen LogP contribution in [0.5, 0.6) is 0 Å². The van der Waals surface area contributed by atoms with Crippen LogP contribution in [0.25, 0.3) is 45.5 Å². The summed E-state index contributed by atoms with van der Waals surface area (Å²) in [6.07, 6.45) is 1.71. The molecule has 1 aliphatic rings. The van der Waals surface area contributed by atoms with Crippen molar-refractivity contribution in [3.63, 3.8) is 0 Å². The van der Waals surface area contributed by atoms with Crippen molar-refractivity contribution in [2.75, 3.05) is 0 Å². The largest absolute Gasteiger partial charge is 0.436 e. The van der Waals surface area contributed by atoms with Gasteiger partial charge in [0.05, 0.1) is 0 Å². The van der Waals surface area contributed by atoms with Gasteiger partial charge in [-0.05, 0) is 34.9 Å². The molecule has 40 heavy (non-hydrogen) atoms. The highest BCUT2D eigenvalue weighted by atomic mass is 16.3. The summed E-state index contributed by atoms with van der Waals surface area (Å²) in [5.74, 6) is 1.10. The summed E-state index contributed by atoms with van der Waals surface area (Å²) in [7, 11) is 0. The molecule has 0 saturated heterocycles. The first-order valence-electron chi connectivity index (χ1n) is 12.2. The van der Waals surface area contributed by atoms with E-state index < -0.39 is 0 Å². The van der Waals surface area contributed by atoms with E-state index in [0.717, 1.165) is 11.3 Å². The molecule has 7 heteroatoms. The van der Waals surface area contributed by atoms with Crippen molar-refractivity contribution in [2.24, 2.45) is 0 Å². The Kier molecular flexibility index (Phi) is 5.87. The van der Waals surface area contributed by atoms with Gasteiger partial charge in [-0.2, -0.15) is 26.0 Å². The van der Waals surface area contributed by atoms with E-state index in [0.29, 0.717) is 50.7 Å². The third-order valence-electron chi connectivity index (χ3n) is 6.68. The molecule has 0 bridgehead atoms. The fourth-order valence-corrected chi connectivity index (χ4v) is 5.00. The summed E-state index contributed by atoms with van der Waals surface area (Å²) in [5.41, 5.74) is 4.85. The minimum Gasteiger partial charge on any atom is -0.436 e. The van der Waals surface area contributed by atoms with Gasteiger partial charge in [-0.25, -0.2) is 0 Å². The van der Waals surface area contributed by atoms with Gasteiger partial charge in [-0.15, -0.1) is 0 Å². The number of furan rings is 1. The Morgan fingerprint density at radius 3 is 1.77 bits per heavy atom. The molecule has 7 nitrogen and oxygen atoms in total. The SMILES string of the molecule is N#CC(C#N)=C1C(=Cc2nc3oc(-c4ccccc4)cc3n2-c2ccccc2)C(=C(C#N)C#N)c2ccccc21. The van der Waals surface area contributed by atoms with Gasteiger partial charge in [0.1, 0.15) is 52.5 Å². The van der Waals surface area contributed by atoms with Crippen LogP contribution in [0.15, 0.2) is 112 Å². The molecule has 0 atom stereocenters. The number of aromatic nitrogens is 2. The Hall–Kier alpha value is -6.41. The number of fused-ring (bicyclic) bond motifs is 2. The van der Waals surface area contributed by atoms with Crippen LogP contribution in [0, 0.1) is 45.3 Å². The minimum atomic E-state index is -0.128. The van der Waals surface area contributed by atoms with E-state index in [2.05, 4.69) is 0 Å². The number of imidazole rings is 1. The second-order valence-electron chi connectivity index (χ2n) is 8.86. The molecule has 0 aliphatic heterocycles. The molecule has 0 unspecified atom stereocenters. The first kappa shape index (κ1) is 24.0. The van der Waals surface area contributed by atoms with E-state index in [1.165, 1.54) is 0 Å². The molecular weight excluding hydrogens is 496 g/mol. The highest BCUT2D eigenvalue weighted by Crippen LogP contribution is 2.48. The molecule has 0 radical (unpaired) electrons. The molecule has 184 valence electrons. The lowest BCUT2D eigenvalue weighted by Crippen LogP contribution is -1.98. The summed E-state index contributed by atoms with van der Waals surface area (Å²) in [5, 5.41) is 39.4. The minimum absolute atomic E-state index is 0.128. The Morgan fingerprint density at radius 2 is 1.23 bits per heavy atom. The summed E-state index contributed by atoms with van der Waals surface area (Å²) < 4.78 is 8.07. The Bertz CT molecular complexity index is 1980. The first-order chi connectivity index (χ1) is 19.7. The van der Waals surface area contributed by atoms with Gasteiger partial charge >= 0.3 is 0 Å². The molecular formula is C33H16N6O. The van der Waals surface area contributed by atoms with Crippen LogP contribution in [0.2, 0.25) is 0 Å². The van der Waals surface area contributed by atoms with Gasteiger partial charge in [0.15, 0.2) is 0 Å². The van der Waals surface area contributed by atoms with Crippen molar-refractivity contribution in [3.8, 4) is 41.3 Å². The second kappa shape index (κ2) is 9.81. The van der Waals surface area contributed by atoms with Crippen LogP contribution in [0.1, 0.15) is 17.0 Å². The fraction of sp³-hybridized carbons (Fsp3) is 0. The lowest BCUT2D eigenvalue weighted by atomic mass is 9.96. The molecule has 6 rings (SSSR count). The molecule has 1 aliphatic carbocycles. The highest BCUT2D eigenvalue weighted by Gasteiger charge is 2.32. The van der Waals surface area contributed by atoms with Gasteiger partial charge in [0.25, 0.3) is 0 Å². The number of para-hydroxylation sites is 1. The van der Waals surface area contributed by atoms with Gasteiger partial charge in [-0.3, -0.25) is 4.57 Å². The van der Waals surface area contributed by atoms with Gasteiger partial charge < -0.3 is 4.42 Å². The third-order valence-corrected chi connectivity index (χ3v) is 6.68. The number of benzene rings is 3. The van der Waals surface area contributed by atoms with Crippen molar-refractivity contribution in [1.82, 2.24) is 9.55 Å². The van der Waals surface area contributed by atoms with Gasteiger partial charge in [0, 0.05) is 28.5 Å². The molecule has 5 aromatic rings. The zero-order valence-corrected chi connectivity index (χ0v) is 20.8. The van der Waals surface area contributed by atoms with Crippen LogP contribution in [0.4, 0.5) is 0 Å². The van der Waals surface area contributed by atoms with Gasteiger partial charge in [-0.1, -0.05) is 72.8 Å². The zero-order valence-electron chi connectivity index (χ0n) is 20.8. The topological polar surface area (TPSA) is 126 Å². The maximum atomic E-state index is 9.85. The van der Waals surface area contributed by atoms with Crippen molar-refractivity contribution < 1.29 is 4.42 Å². The lowest BCUT2D eigenvalue weighted by molar-refractivity contribution is 0.619. The zero-order chi connectivity index (χ0) is 27.6. The van der Waals surface area contributed by atoms with E-state index in [-0.39, 0.29) is 11.1 Å². The number of allylic oxidation sites excluding steroid dienone is 5. The Morgan fingerprint density at radius 1 is 0.700 bits per heavy atom. The number of rotatable bonds is 3. The second-order valence-corrected chi connectivity index (χ2v) is 8.86. The predicted octanol–water partition coefficient (Wildman–Crippen LogP) is 6.98. The van der Waals surface area contributed by atoms with Crippen molar-refractivity contribution >= 4 is 28.5 Å². The maximum absolute atomic E-state index is 9.85. The summed E-state index contributed by atoms with van der Waals surface area (Å²) in [6, 6.07) is 36.2. The smallest absolute Gasteiger partial charge is 0.246 e. The average Bonchev–Trinajstić information content (AvgIpc) is 3.66. The third kappa shape index (κ3) is 3.77. The molecule has 0 N–H and O–H groups in total. The maximum Gasteiger partial charge on any atom is 0.246 e. The standard InChI is InChI=1S/C33H16N6O/c34-17-22(18-35)31-25-13-7-8-14-26(25)32(23(19-36)20-37)27(31)15-30-38-33-28(39(30)24-11-5-2-6-12-24)16-29(40-33)21-9-3-1-4-10-21/h1-16H. The predicted molar refractivity (Wildman–Crippen MR) is 149 cm³/mol. The normalized spacial score (nSPS) is 11.8.